The number of nitrogens with one attached hydrogen (secondary N) is 2. The highest BCUT2D eigenvalue weighted by atomic mass is 16.4. The summed E-state index contributed by atoms with van der Waals surface area (Å²) in [7, 11) is 0. The zero-order valence-corrected chi connectivity index (χ0v) is 11.4. The van der Waals surface area contributed by atoms with Crippen LogP contribution in [-0.4, -0.2) is 53.7 Å². The molecule has 2 amide bonds. The predicted octanol–water partition coefficient (Wildman–Crippen LogP) is 0.799. The first-order chi connectivity index (χ1) is 9.04. The van der Waals surface area contributed by atoms with E-state index in [4.69, 9.17) is 5.11 Å². The summed E-state index contributed by atoms with van der Waals surface area (Å²) in [5.41, 5.74) is 0. The number of carboxylic acids is 1. The molecule has 0 radical (unpaired) electrons. The number of carbonyl (C=O) groups excluding carboxylic acids is 1. The summed E-state index contributed by atoms with van der Waals surface area (Å²) in [5.74, 6) is -1.05. The highest BCUT2D eigenvalue weighted by Gasteiger charge is 2.20. The van der Waals surface area contributed by atoms with Gasteiger partial charge in [0.1, 0.15) is 6.04 Å². The number of nitrogens with zero attached hydrogens (tertiary/aromatic N) is 1. The second-order valence-electron chi connectivity index (χ2n) is 4.86. The van der Waals surface area contributed by atoms with Gasteiger partial charge in [0.05, 0.1) is 0 Å². The molecule has 6 heteroatoms. The molecule has 0 saturated carbocycles. The van der Waals surface area contributed by atoms with Crippen molar-refractivity contribution in [1.82, 2.24) is 15.5 Å². The fourth-order valence-corrected chi connectivity index (χ4v) is 2.15. The lowest BCUT2D eigenvalue weighted by Crippen LogP contribution is -2.49. The molecule has 3 N–H and O–H groups in total. The Balaban J connectivity index is 2.29. The zero-order valence-electron chi connectivity index (χ0n) is 11.4. The Morgan fingerprint density at radius 2 is 2.05 bits per heavy atom. The third-order valence-corrected chi connectivity index (χ3v) is 3.33. The molecule has 1 heterocycles. The summed E-state index contributed by atoms with van der Waals surface area (Å²) in [6.45, 7) is 8.19. The van der Waals surface area contributed by atoms with Gasteiger partial charge >= 0.3 is 12.0 Å². The molecular formula is C13H23N3O3. The van der Waals surface area contributed by atoms with Crippen molar-refractivity contribution in [3.8, 4) is 0 Å². The van der Waals surface area contributed by atoms with Crippen molar-refractivity contribution in [1.29, 1.82) is 0 Å². The van der Waals surface area contributed by atoms with Gasteiger partial charge in [-0.3, -0.25) is 4.90 Å². The van der Waals surface area contributed by atoms with E-state index in [-0.39, 0.29) is 12.5 Å². The van der Waals surface area contributed by atoms with E-state index in [2.05, 4.69) is 29.0 Å². The van der Waals surface area contributed by atoms with Gasteiger partial charge < -0.3 is 15.7 Å². The summed E-state index contributed by atoms with van der Waals surface area (Å²) < 4.78 is 0. The molecule has 0 aromatic carbocycles. The van der Waals surface area contributed by atoms with Crippen LogP contribution in [0.2, 0.25) is 0 Å². The number of urea groups is 1. The molecule has 0 aromatic rings. The Labute approximate surface area is 113 Å². The van der Waals surface area contributed by atoms with Crippen LogP contribution in [-0.2, 0) is 4.79 Å². The number of carboxylic acid groups (broad SMARTS) is 1. The minimum atomic E-state index is -1.05. The molecule has 1 aliphatic heterocycles. The second-order valence-corrected chi connectivity index (χ2v) is 4.86. The Hall–Kier alpha value is -1.56. The van der Waals surface area contributed by atoms with Gasteiger partial charge in [-0.05, 0) is 39.3 Å². The third-order valence-electron chi connectivity index (χ3n) is 3.33. The minimum absolute atomic E-state index is 0.213. The first-order valence-electron chi connectivity index (χ1n) is 6.66. The molecule has 6 nitrogen and oxygen atoms in total. The van der Waals surface area contributed by atoms with Gasteiger partial charge in [-0.1, -0.05) is 6.08 Å². The van der Waals surface area contributed by atoms with E-state index in [1.807, 2.05) is 0 Å². The number of rotatable bonds is 7. The van der Waals surface area contributed by atoms with E-state index in [0.717, 1.165) is 13.1 Å². The molecule has 0 spiro atoms. The monoisotopic (exact) mass is 269 g/mol. The molecule has 1 rings (SSSR count). The first-order valence-corrected chi connectivity index (χ1v) is 6.66. The second kappa shape index (κ2) is 7.78. The molecule has 2 unspecified atom stereocenters. The lowest BCUT2D eigenvalue weighted by atomic mass is 10.2. The maximum atomic E-state index is 11.6. The minimum Gasteiger partial charge on any atom is -0.480 e. The largest absolute Gasteiger partial charge is 0.480 e. The standard InChI is InChI=1S/C13H23N3O3/c1-3-6-11(12(17)18)15-13(19)14-9-10(2)16-7-4-5-8-16/h3,10-11H,1,4-9H2,2H3,(H,17,18)(H2,14,15,19). The van der Waals surface area contributed by atoms with Crippen molar-refractivity contribution in [2.45, 2.75) is 38.3 Å². The van der Waals surface area contributed by atoms with E-state index >= 15 is 0 Å². The van der Waals surface area contributed by atoms with Crippen molar-refractivity contribution in [2.24, 2.45) is 0 Å². The highest BCUT2D eigenvalue weighted by Crippen LogP contribution is 2.10. The first kappa shape index (κ1) is 15.5. The summed E-state index contributed by atoms with van der Waals surface area (Å²) >= 11 is 0. The van der Waals surface area contributed by atoms with Gasteiger partial charge in [0, 0.05) is 12.6 Å². The lowest BCUT2D eigenvalue weighted by Gasteiger charge is -2.24. The maximum Gasteiger partial charge on any atom is 0.326 e. The van der Waals surface area contributed by atoms with Crippen LogP contribution in [0, 0.1) is 0 Å². The normalized spacial score (nSPS) is 18.6. The molecule has 1 fully saturated rings. The molecule has 108 valence electrons. The van der Waals surface area contributed by atoms with E-state index < -0.39 is 18.0 Å². The van der Waals surface area contributed by atoms with Gasteiger partial charge in [-0.25, -0.2) is 9.59 Å². The highest BCUT2D eigenvalue weighted by molar-refractivity contribution is 5.82. The topological polar surface area (TPSA) is 81.7 Å². The number of likely N-dealkylation sites (tertiary alicyclic amines) is 1. The third kappa shape index (κ3) is 5.30. The molecule has 1 aliphatic rings. The Morgan fingerprint density at radius 3 is 2.58 bits per heavy atom. The van der Waals surface area contributed by atoms with Gasteiger partial charge in [0.15, 0.2) is 0 Å². The van der Waals surface area contributed by atoms with Crippen LogP contribution < -0.4 is 10.6 Å². The molecule has 0 aliphatic carbocycles. The van der Waals surface area contributed by atoms with Crippen LogP contribution in [0.15, 0.2) is 12.7 Å². The van der Waals surface area contributed by atoms with Gasteiger partial charge in [0.2, 0.25) is 0 Å². The van der Waals surface area contributed by atoms with Crippen molar-refractivity contribution >= 4 is 12.0 Å². The molecule has 0 aromatic heterocycles. The van der Waals surface area contributed by atoms with Gasteiger partial charge in [-0.15, -0.1) is 6.58 Å². The van der Waals surface area contributed by atoms with Crippen molar-refractivity contribution in [3.05, 3.63) is 12.7 Å². The molecule has 19 heavy (non-hydrogen) atoms. The quantitative estimate of drug-likeness (QED) is 0.597. The van der Waals surface area contributed by atoms with Crippen LogP contribution in [0.1, 0.15) is 26.2 Å². The number of hydrogen-bond acceptors (Lipinski definition) is 3. The van der Waals surface area contributed by atoms with Crippen LogP contribution in [0.25, 0.3) is 0 Å². The Morgan fingerprint density at radius 1 is 1.42 bits per heavy atom. The summed E-state index contributed by atoms with van der Waals surface area (Å²) in [4.78, 5) is 24.8. The van der Waals surface area contributed by atoms with Gasteiger partial charge in [0.25, 0.3) is 0 Å². The van der Waals surface area contributed by atoms with E-state index in [9.17, 15) is 9.59 Å². The molecule has 2 atom stereocenters. The van der Waals surface area contributed by atoms with E-state index in [1.165, 1.54) is 18.9 Å². The Bertz CT molecular complexity index is 327. The van der Waals surface area contributed by atoms with E-state index in [1.54, 1.807) is 0 Å². The molecule has 1 saturated heterocycles. The SMILES string of the molecule is C=CCC(NC(=O)NCC(C)N1CCCC1)C(=O)O. The van der Waals surface area contributed by atoms with Crippen LogP contribution in [0.5, 0.6) is 0 Å². The summed E-state index contributed by atoms with van der Waals surface area (Å²) in [6, 6.07) is -1.09. The molecular weight excluding hydrogens is 246 g/mol. The van der Waals surface area contributed by atoms with Crippen molar-refractivity contribution in [3.63, 3.8) is 0 Å². The number of carbonyl (C=O) groups is 2. The van der Waals surface area contributed by atoms with E-state index in [0.29, 0.717) is 6.54 Å². The average molecular weight is 269 g/mol. The van der Waals surface area contributed by atoms with Gasteiger partial charge in [-0.2, -0.15) is 0 Å². The maximum absolute atomic E-state index is 11.6. The van der Waals surface area contributed by atoms with Crippen LogP contribution >= 0.6 is 0 Å². The van der Waals surface area contributed by atoms with Crippen LogP contribution in [0.3, 0.4) is 0 Å². The average Bonchev–Trinajstić information content (AvgIpc) is 2.89. The lowest BCUT2D eigenvalue weighted by molar-refractivity contribution is -0.139. The van der Waals surface area contributed by atoms with Crippen molar-refractivity contribution < 1.29 is 14.7 Å². The van der Waals surface area contributed by atoms with Crippen LogP contribution in [0.4, 0.5) is 4.79 Å². The number of hydrogen-bond donors (Lipinski definition) is 3. The smallest absolute Gasteiger partial charge is 0.326 e. The summed E-state index contributed by atoms with van der Waals surface area (Å²) in [6.07, 6.45) is 4.10. The fourth-order valence-electron chi connectivity index (χ4n) is 2.15. The summed E-state index contributed by atoms with van der Waals surface area (Å²) in [5, 5.41) is 14.0. The number of amides is 2. The predicted molar refractivity (Wildman–Crippen MR) is 73.0 cm³/mol. The van der Waals surface area contributed by atoms with Crippen molar-refractivity contribution in [2.75, 3.05) is 19.6 Å². The fraction of sp³-hybridized carbons (Fsp3) is 0.692. The Kier molecular flexibility index (Phi) is 6.35. The molecule has 0 bridgehead atoms. The zero-order chi connectivity index (χ0) is 14.3. The number of aliphatic carboxylic acids is 1.